The maximum atomic E-state index is 12.2. The minimum absolute atomic E-state index is 0.408. The third-order valence-corrected chi connectivity index (χ3v) is 5.50. The first kappa shape index (κ1) is 19.6. The molecule has 0 saturated carbocycles. The first-order chi connectivity index (χ1) is 13.9. The summed E-state index contributed by atoms with van der Waals surface area (Å²) < 4.78 is 3.17. The van der Waals surface area contributed by atoms with Crippen molar-refractivity contribution in [3.8, 4) is 5.69 Å². The second-order valence-corrected chi connectivity index (χ2v) is 8.35. The summed E-state index contributed by atoms with van der Waals surface area (Å²) in [5.41, 5.74) is 1.80. The van der Waals surface area contributed by atoms with Gasteiger partial charge in [-0.05, 0) is 30.5 Å². The first-order valence-corrected chi connectivity index (χ1v) is 10.2. The number of aromatic amines is 1. The van der Waals surface area contributed by atoms with Crippen molar-refractivity contribution < 1.29 is 0 Å². The van der Waals surface area contributed by atoms with Crippen molar-refractivity contribution in [2.75, 3.05) is 26.2 Å². The number of aromatic nitrogens is 4. The van der Waals surface area contributed by atoms with Crippen molar-refractivity contribution in [3.05, 3.63) is 63.2 Å². The molecule has 1 N–H and O–H groups in total. The summed E-state index contributed by atoms with van der Waals surface area (Å²) >= 11 is 0. The van der Waals surface area contributed by atoms with Gasteiger partial charge in [0.05, 0.1) is 17.4 Å². The number of hydrogen-bond donors (Lipinski definition) is 1. The fraction of sp³-hybridized carbons (Fsp3) is 0.476. The molecule has 1 aliphatic rings. The fourth-order valence-electron chi connectivity index (χ4n) is 4.12. The van der Waals surface area contributed by atoms with Gasteiger partial charge in [-0.15, -0.1) is 0 Å². The van der Waals surface area contributed by atoms with Crippen molar-refractivity contribution >= 4 is 5.52 Å². The topological polar surface area (TPSA) is 78.6 Å². The average Bonchev–Trinajstić information content (AvgIpc) is 3.07. The highest BCUT2D eigenvalue weighted by atomic mass is 16.2. The zero-order valence-electron chi connectivity index (χ0n) is 17.2. The lowest BCUT2D eigenvalue weighted by molar-refractivity contribution is 0.0702. The zero-order chi connectivity index (χ0) is 20.5. The van der Waals surface area contributed by atoms with E-state index in [0.29, 0.717) is 17.6 Å². The minimum Gasteiger partial charge on any atom is -0.298 e. The molecule has 0 amide bonds. The van der Waals surface area contributed by atoms with E-state index < -0.39 is 11.2 Å². The molecule has 1 fully saturated rings. The van der Waals surface area contributed by atoms with E-state index in [4.69, 9.17) is 0 Å². The Balaban J connectivity index is 1.55. The van der Waals surface area contributed by atoms with Crippen LogP contribution in [0.1, 0.15) is 26.3 Å². The minimum atomic E-state index is -0.465. The van der Waals surface area contributed by atoms with E-state index in [9.17, 15) is 9.59 Å². The summed E-state index contributed by atoms with van der Waals surface area (Å²) in [6.07, 6.45) is 5.05. The van der Waals surface area contributed by atoms with Gasteiger partial charge in [0.25, 0.3) is 5.56 Å². The Kier molecular flexibility index (Phi) is 5.38. The standard InChI is InChI=1S/C21H28N6O2/c1-15(2)12-25-9-8-24(13-16(25)3)14-17-4-7-27-18(10-17)19(11-22-27)26-6-5-20(28)23-21(26)29/h4-7,10-11,15-16H,8-9,12-14H2,1-3H3,(H,23,28,29). The second-order valence-electron chi connectivity index (χ2n) is 8.35. The molecule has 1 atom stereocenters. The average molecular weight is 396 g/mol. The summed E-state index contributed by atoms with van der Waals surface area (Å²) in [7, 11) is 0. The molecule has 0 aliphatic carbocycles. The summed E-state index contributed by atoms with van der Waals surface area (Å²) in [5, 5.41) is 4.34. The van der Waals surface area contributed by atoms with Crippen molar-refractivity contribution in [1.29, 1.82) is 0 Å². The summed E-state index contributed by atoms with van der Waals surface area (Å²) in [6.45, 7) is 12.0. The number of hydrogen-bond acceptors (Lipinski definition) is 5. The largest absolute Gasteiger partial charge is 0.333 e. The van der Waals surface area contributed by atoms with Crippen molar-refractivity contribution in [3.63, 3.8) is 0 Å². The Hall–Kier alpha value is -2.71. The molecule has 0 aromatic carbocycles. The van der Waals surface area contributed by atoms with Crippen LogP contribution in [-0.2, 0) is 6.54 Å². The summed E-state index contributed by atoms with van der Waals surface area (Å²) in [6, 6.07) is 6.03. The molecule has 0 radical (unpaired) electrons. The van der Waals surface area contributed by atoms with Crippen LogP contribution >= 0.6 is 0 Å². The lowest BCUT2D eigenvalue weighted by Gasteiger charge is -2.40. The molecule has 0 spiro atoms. The number of nitrogens with one attached hydrogen (secondary N) is 1. The van der Waals surface area contributed by atoms with Crippen LogP contribution in [0.3, 0.4) is 0 Å². The lowest BCUT2D eigenvalue weighted by Crippen LogP contribution is -2.52. The van der Waals surface area contributed by atoms with Crippen LogP contribution in [-0.4, -0.2) is 61.2 Å². The van der Waals surface area contributed by atoms with Gasteiger partial charge in [0.15, 0.2) is 0 Å². The molecule has 8 heteroatoms. The predicted octanol–water partition coefficient (Wildman–Crippen LogP) is 1.34. The van der Waals surface area contributed by atoms with Gasteiger partial charge in [-0.1, -0.05) is 13.8 Å². The van der Waals surface area contributed by atoms with Gasteiger partial charge >= 0.3 is 5.69 Å². The highest BCUT2D eigenvalue weighted by Gasteiger charge is 2.24. The van der Waals surface area contributed by atoms with Crippen LogP contribution in [0.15, 0.2) is 46.4 Å². The van der Waals surface area contributed by atoms with Gasteiger partial charge in [0.1, 0.15) is 0 Å². The quantitative estimate of drug-likeness (QED) is 0.704. The Labute approximate surface area is 169 Å². The molecule has 1 saturated heterocycles. The van der Waals surface area contributed by atoms with Crippen LogP contribution in [0.2, 0.25) is 0 Å². The fourth-order valence-corrected chi connectivity index (χ4v) is 4.12. The molecule has 29 heavy (non-hydrogen) atoms. The lowest BCUT2D eigenvalue weighted by atomic mass is 10.1. The van der Waals surface area contributed by atoms with Crippen molar-refractivity contribution in [2.45, 2.75) is 33.4 Å². The highest BCUT2D eigenvalue weighted by molar-refractivity contribution is 5.64. The van der Waals surface area contributed by atoms with Crippen LogP contribution in [0, 0.1) is 5.92 Å². The maximum absolute atomic E-state index is 12.2. The smallest absolute Gasteiger partial charge is 0.298 e. The molecule has 154 valence electrons. The molecule has 3 aromatic rings. The van der Waals surface area contributed by atoms with Gasteiger partial charge in [0, 0.05) is 57.2 Å². The Bertz CT molecular complexity index is 1110. The van der Waals surface area contributed by atoms with E-state index in [0.717, 1.165) is 38.2 Å². The maximum Gasteiger partial charge on any atom is 0.333 e. The van der Waals surface area contributed by atoms with E-state index in [1.807, 2.05) is 6.20 Å². The number of H-pyrrole nitrogens is 1. The van der Waals surface area contributed by atoms with Crippen LogP contribution < -0.4 is 11.2 Å². The van der Waals surface area contributed by atoms with E-state index in [-0.39, 0.29) is 0 Å². The van der Waals surface area contributed by atoms with E-state index >= 15 is 0 Å². The third kappa shape index (κ3) is 4.18. The van der Waals surface area contributed by atoms with E-state index in [1.165, 1.54) is 22.4 Å². The van der Waals surface area contributed by atoms with Gasteiger partial charge in [-0.3, -0.25) is 24.1 Å². The highest BCUT2D eigenvalue weighted by Crippen LogP contribution is 2.19. The SMILES string of the molecule is CC(C)CN1CCN(Cc2ccn3ncc(-n4ccc(=O)[nH]c4=O)c3c2)CC1C. The Morgan fingerprint density at radius 1 is 1.21 bits per heavy atom. The molecule has 1 unspecified atom stereocenters. The summed E-state index contributed by atoms with van der Waals surface area (Å²) in [4.78, 5) is 30.9. The van der Waals surface area contributed by atoms with Gasteiger partial charge in [-0.2, -0.15) is 5.10 Å². The number of nitrogens with zero attached hydrogens (tertiary/aromatic N) is 5. The number of rotatable bonds is 5. The Morgan fingerprint density at radius 3 is 2.76 bits per heavy atom. The molecule has 0 bridgehead atoms. The van der Waals surface area contributed by atoms with Gasteiger partial charge < -0.3 is 0 Å². The van der Waals surface area contributed by atoms with Crippen molar-refractivity contribution in [1.82, 2.24) is 29.0 Å². The molecule has 4 heterocycles. The first-order valence-electron chi connectivity index (χ1n) is 10.2. The summed E-state index contributed by atoms with van der Waals surface area (Å²) in [5.74, 6) is 0.683. The van der Waals surface area contributed by atoms with Crippen molar-refractivity contribution in [2.24, 2.45) is 5.92 Å². The zero-order valence-corrected chi connectivity index (χ0v) is 17.2. The predicted molar refractivity (Wildman–Crippen MR) is 113 cm³/mol. The molecule has 3 aromatic heterocycles. The van der Waals surface area contributed by atoms with Gasteiger partial charge in [0.2, 0.25) is 0 Å². The molecule has 8 nitrogen and oxygen atoms in total. The van der Waals surface area contributed by atoms with Gasteiger partial charge in [-0.25, -0.2) is 9.31 Å². The van der Waals surface area contributed by atoms with Crippen LogP contribution in [0.5, 0.6) is 0 Å². The van der Waals surface area contributed by atoms with Crippen LogP contribution in [0.4, 0.5) is 0 Å². The molecule has 4 rings (SSSR count). The monoisotopic (exact) mass is 396 g/mol. The molecule has 1 aliphatic heterocycles. The number of piperazine rings is 1. The van der Waals surface area contributed by atoms with E-state index in [1.54, 1.807) is 10.7 Å². The van der Waals surface area contributed by atoms with E-state index in [2.05, 4.69) is 52.8 Å². The molecular weight excluding hydrogens is 368 g/mol. The molecular formula is C21H28N6O2. The van der Waals surface area contributed by atoms with Crippen LogP contribution in [0.25, 0.3) is 11.2 Å². The third-order valence-electron chi connectivity index (χ3n) is 5.50. The second kappa shape index (κ2) is 7.96. The normalized spacial score (nSPS) is 18.7. The number of pyridine rings is 1. The number of fused-ring (bicyclic) bond motifs is 1. The Morgan fingerprint density at radius 2 is 2.03 bits per heavy atom.